The molecule has 0 radical (unpaired) electrons. The summed E-state index contributed by atoms with van der Waals surface area (Å²) in [5.41, 5.74) is 0. The minimum Gasteiger partial charge on any atom is -0.395 e. The van der Waals surface area contributed by atoms with Crippen molar-refractivity contribution in [1.82, 2.24) is 20.3 Å². The highest BCUT2D eigenvalue weighted by Gasteiger charge is 2.19. The van der Waals surface area contributed by atoms with Crippen LogP contribution < -0.4 is 5.32 Å². The van der Waals surface area contributed by atoms with E-state index in [0.717, 1.165) is 0 Å². The molecule has 1 aromatic rings. The van der Waals surface area contributed by atoms with Crippen LogP contribution >= 0.6 is 23.2 Å². The molecule has 0 amide bonds. The molecule has 0 aliphatic heterocycles. The molecule has 1 rings (SSSR count). The summed E-state index contributed by atoms with van der Waals surface area (Å²) >= 11 is 11.3. The van der Waals surface area contributed by atoms with Crippen molar-refractivity contribution in [3.63, 3.8) is 0 Å². The zero-order chi connectivity index (χ0) is 14.5. The van der Waals surface area contributed by atoms with Gasteiger partial charge in [-0.25, -0.2) is 9.97 Å². The molecule has 3 N–H and O–H groups in total. The number of hydrogen-bond acceptors (Lipinski definition) is 7. The van der Waals surface area contributed by atoms with E-state index < -0.39 is 21.9 Å². The maximum atomic E-state index is 10.7. The van der Waals surface area contributed by atoms with E-state index >= 15 is 0 Å². The standard InChI is InChI=1S/C8H12Cl2N4O4S/c9-7-12-6(13-8(10)14-7)5(11-2-3-15)1-4-19(16,17)18/h5,11,15H,1-4H2,(H,16,17,18). The predicted molar refractivity (Wildman–Crippen MR) is 68.7 cm³/mol. The number of hydrogen-bond donors (Lipinski definition) is 3. The molecule has 1 atom stereocenters. The summed E-state index contributed by atoms with van der Waals surface area (Å²) in [7, 11) is -4.11. The van der Waals surface area contributed by atoms with Crippen LogP contribution in [0.3, 0.4) is 0 Å². The zero-order valence-corrected chi connectivity index (χ0v) is 12.0. The van der Waals surface area contributed by atoms with Crippen LogP contribution in [0.4, 0.5) is 0 Å². The van der Waals surface area contributed by atoms with Gasteiger partial charge in [-0.3, -0.25) is 4.55 Å². The molecule has 1 aromatic heterocycles. The van der Waals surface area contributed by atoms with Crippen molar-refractivity contribution >= 4 is 33.3 Å². The molecule has 8 nitrogen and oxygen atoms in total. The topological polar surface area (TPSA) is 125 Å². The van der Waals surface area contributed by atoms with E-state index in [4.69, 9.17) is 32.9 Å². The third kappa shape index (κ3) is 6.41. The Morgan fingerprint density at radius 2 is 1.79 bits per heavy atom. The first-order valence-electron chi connectivity index (χ1n) is 5.18. The quantitative estimate of drug-likeness (QED) is 0.600. The molecular formula is C8H12Cl2N4O4S. The lowest BCUT2D eigenvalue weighted by Gasteiger charge is -2.16. The van der Waals surface area contributed by atoms with Crippen molar-refractivity contribution in [2.75, 3.05) is 18.9 Å². The van der Waals surface area contributed by atoms with Gasteiger partial charge in [-0.05, 0) is 29.6 Å². The zero-order valence-electron chi connectivity index (χ0n) is 9.62. The van der Waals surface area contributed by atoms with Gasteiger partial charge in [-0.15, -0.1) is 0 Å². The highest BCUT2D eigenvalue weighted by Crippen LogP contribution is 2.16. The van der Waals surface area contributed by atoms with Gasteiger partial charge in [-0.2, -0.15) is 13.4 Å². The maximum absolute atomic E-state index is 10.7. The van der Waals surface area contributed by atoms with Gasteiger partial charge in [0.05, 0.1) is 18.4 Å². The number of rotatable bonds is 7. The van der Waals surface area contributed by atoms with Gasteiger partial charge in [0.2, 0.25) is 10.6 Å². The molecular weight excluding hydrogens is 319 g/mol. The van der Waals surface area contributed by atoms with Gasteiger partial charge in [0.15, 0.2) is 5.82 Å². The molecule has 0 fully saturated rings. The highest BCUT2D eigenvalue weighted by molar-refractivity contribution is 7.85. The Hall–Kier alpha value is -0.580. The number of nitrogens with zero attached hydrogens (tertiary/aromatic N) is 3. The number of nitrogens with one attached hydrogen (secondary N) is 1. The Bertz CT molecular complexity index is 507. The monoisotopic (exact) mass is 330 g/mol. The van der Waals surface area contributed by atoms with Crippen molar-refractivity contribution in [3.05, 3.63) is 16.4 Å². The van der Waals surface area contributed by atoms with E-state index in [0.29, 0.717) is 0 Å². The lowest BCUT2D eigenvalue weighted by atomic mass is 10.2. The van der Waals surface area contributed by atoms with Gasteiger partial charge in [0, 0.05) is 6.54 Å². The van der Waals surface area contributed by atoms with Gasteiger partial charge < -0.3 is 10.4 Å². The lowest BCUT2D eigenvalue weighted by Crippen LogP contribution is -2.28. The minimum absolute atomic E-state index is 0.00446. The van der Waals surface area contributed by atoms with Gasteiger partial charge in [0.1, 0.15) is 0 Å². The van der Waals surface area contributed by atoms with E-state index in [-0.39, 0.29) is 36.0 Å². The Balaban J connectivity index is 2.88. The summed E-state index contributed by atoms with van der Waals surface area (Å²) in [6.07, 6.45) is -0.00446. The average molecular weight is 331 g/mol. The van der Waals surface area contributed by atoms with E-state index in [1.54, 1.807) is 0 Å². The highest BCUT2D eigenvalue weighted by atomic mass is 35.5. The van der Waals surface area contributed by atoms with Gasteiger partial charge in [-0.1, -0.05) is 0 Å². The van der Waals surface area contributed by atoms with Crippen molar-refractivity contribution in [2.24, 2.45) is 0 Å². The van der Waals surface area contributed by atoms with Gasteiger partial charge in [0.25, 0.3) is 10.1 Å². The van der Waals surface area contributed by atoms with Crippen LogP contribution in [0.5, 0.6) is 0 Å². The largest absolute Gasteiger partial charge is 0.395 e. The number of aromatic nitrogens is 3. The van der Waals surface area contributed by atoms with Crippen LogP contribution in [-0.2, 0) is 10.1 Å². The summed E-state index contributed by atoms with van der Waals surface area (Å²) in [4.78, 5) is 11.2. The smallest absolute Gasteiger partial charge is 0.264 e. The molecule has 0 aliphatic rings. The van der Waals surface area contributed by atoms with E-state index in [1.807, 2.05) is 0 Å². The van der Waals surface area contributed by atoms with E-state index in [1.165, 1.54) is 0 Å². The first-order valence-corrected chi connectivity index (χ1v) is 7.54. The maximum Gasteiger partial charge on any atom is 0.264 e. The fraction of sp³-hybridized carbons (Fsp3) is 0.625. The second-order valence-electron chi connectivity index (χ2n) is 3.54. The third-order valence-electron chi connectivity index (χ3n) is 2.08. The summed E-state index contributed by atoms with van der Waals surface area (Å²) < 4.78 is 30.2. The summed E-state index contributed by atoms with van der Waals surface area (Å²) in [5, 5.41) is 11.3. The molecule has 108 valence electrons. The first-order chi connectivity index (χ1) is 8.81. The summed E-state index contributed by atoms with van der Waals surface area (Å²) in [5.74, 6) is -0.348. The van der Waals surface area contributed by atoms with Crippen molar-refractivity contribution < 1.29 is 18.1 Å². The Morgan fingerprint density at radius 3 is 2.26 bits per heavy atom. The molecule has 1 unspecified atom stereocenters. The van der Waals surface area contributed by atoms with Crippen molar-refractivity contribution in [2.45, 2.75) is 12.5 Å². The molecule has 0 spiro atoms. The lowest BCUT2D eigenvalue weighted by molar-refractivity contribution is 0.282. The molecule has 0 saturated carbocycles. The molecule has 19 heavy (non-hydrogen) atoms. The molecule has 0 bridgehead atoms. The number of halogens is 2. The Kier molecular flexibility index (Phi) is 6.30. The van der Waals surface area contributed by atoms with Gasteiger partial charge >= 0.3 is 0 Å². The van der Waals surface area contributed by atoms with Crippen molar-refractivity contribution in [1.29, 1.82) is 0 Å². The van der Waals surface area contributed by atoms with Crippen LogP contribution in [0.25, 0.3) is 0 Å². The Morgan fingerprint density at radius 1 is 1.21 bits per heavy atom. The second-order valence-corrected chi connectivity index (χ2v) is 5.78. The third-order valence-corrected chi connectivity index (χ3v) is 3.17. The SMILES string of the molecule is O=S(=O)(O)CCC(NCCO)c1nc(Cl)nc(Cl)n1. The molecule has 0 aromatic carbocycles. The van der Waals surface area contributed by atoms with E-state index in [2.05, 4.69) is 20.3 Å². The normalized spacial score (nSPS) is 13.5. The second kappa shape index (κ2) is 7.27. The summed E-state index contributed by atoms with van der Waals surface area (Å²) in [6, 6.07) is -0.632. The number of aliphatic hydroxyl groups excluding tert-OH is 1. The van der Waals surface area contributed by atoms with Crippen molar-refractivity contribution in [3.8, 4) is 0 Å². The fourth-order valence-electron chi connectivity index (χ4n) is 1.32. The van der Waals surface area contributed by atoms with Crippen LogP contribution in [0.1, 0.15) is 18.3 Å². The Labute approximate surface area is 119 Å². The molecule has 0 saturated heterocycles. The number of aliphatic hydroxyl groups is 1. The van der Waals surface area contributed by atoms with E-state index in [9.17, 15) is 8.42 Å². The predicted octanol–water partition coefficient (Wildman–Crippen LogP) is 0.0793. The van der Waals surface area contributed by atoms with Crippen LogP contribution in [0.15, 0.2) is 0 Å². The molecule has 0 aliphatic carbocycles. The van der Waals surface area contributed by atoms with Crippen LogP contribution in [0.2, 0.25) is 10.6 Å². The summed E-state index contributed by atoms with van der Waals surface area (Å²) in [6.45, 7) is 0.0337. The molecule has 11 heteroatoms. The van der Waals surface area contributed by atoms with Crippen LogP contribution in [0, 0.1) is 0 Å². The first kappa shape index (κ1) is 16.5. The minimum atomic E-state index is -4.11. The molecule has 1 heterocycles. The van der Waals surface area contributed by atoms with Crippen LogP contribution in [-0.4, -0.2) is 51.9 Å². The average Bonchev–Trinajstić information content (AvgIpc) is 2.26. The fourth-order valence-corrected chi connectivity index (χ4v) is 2.23.